The third-order valence-electron chi connectivity index (χ3n) is 3.37. The Hall–Kier alpha value is -1.78. The third kappa shape index (κ3) is 3.85. The van der Waals surface area contributed by atoms with Gasteiger partial charge in [-0.1, -0.05) is 26.2 Å². The number of methoxy groups -OCH3 is 1. The maximum absolute atomic E-state index is 12.1. The van der Waals surface area contributed by atoms with Gasteiger partial charge in [0.25, 0.3) is 5.91 Å². The standard InChI is InChI=1S/C15H24N2O3/c1-5-6-7-8-9-16-14(18)13-10(2)12(11(3)17-13)15(19)20-4/h17H,5-9H2,1-4H3,(H,16,18). The first-order chi connectivity index (χ1) is 9.52. The number of esters is 1. The van der Waals surface area contributed by atoms with Gasteiger partial charge in [-0.05, 0) is 25.8 Å². The fraction of sp³-hybridized carbons (Fsp3) is 0.600. The molecule has 0 atom stereocenters. The van der Waals surface area contributed by atoms with Crippen LogP contribution in [-0.2, 0) is 4.74 Å². The van der Waals surface area contributed by atoms with Crippen LogP contribution in [0.3, 0.4) is 0 Å². The Kier molecular flexibility index (Phi) is 6.28. The molecule has 1 rings (SSSR count). The van der Waals surface area contributed by atoms with E-state index in [2.05, 4.69) is 17.2 Å². The highest BCUT2D eigenvalue weighted by atomic mass is 16.5. The van der Waals surface area contributed by atoms with E-state index in [0.717, 1.165) is 12.8 Å². The van der Waals surface area contributed by atoms with Gasteiger partial charge in [-0.2, -0.15) is 0 Å². The minimum absolute atomic E-state index is 0.169. The molecule has 1 aromatic rings. The number of hydrogen-bond acceptors (Lipinski definition) is 3. The van der Waals surface area contributed by atoms with Crippen molar-refractivity contribution < 1.29 is 14.3 Å². The second-order valence-corrected chi connectivity index (χ2v) is 4.93. The molecule has 0 radical (unpaired) electrons. The zero-order valence-electron chi connectivity index (χ0n) is 12.8. The first kappa shape index (κ1) is 16.3. The molecule has 0 aliphatic carbocycles. The van der Waals surface area contributed by atoms with Gasteiger partial charge in [0.1, 0.15) is 5.69 Å². The van der Waals surface area contributed by atoms with Crippen LogP contribution in [0.4, 0.5) is 0 Å². The van der Waals surface area contributed by atoms with Crippen molar-refractivity contribution in [3.05, 3.63) is 22.5 Å². The molecule has 0 saturated heterocycles. The van der Waals surface area contributed by atoms with Gasteiger partial charge in [0.05, 0.1) is 12.7 Å². The van der Waals surface area contributed by atoms with Crippen molar-refractivity contribution in [3.8, 4) is 0 Å². The molecule has 0 fully saturated rings. The van der Waals surface area contributed by atoms with E-state index in [9.17, 15) is 9.59 Å². The largest absolute Gasteiger partial charge is 0.465 e. The van der Waals surface area contributed by atoms with Crippen molar-refractivity contribution in [1.82, 2.24) is 10.3 Å². The van der Waals surface area contributed by atoms with E-state index in [0.29, 0.717) is 29.1 Å². The lowest BCUT2D eigenvalue weighted by atomic mass is 10.1. The van der Waals surface area contributed by atoms with Crippen molar-refractivity contribution in [2.45, 2.75) is 46.5 Å². The first-order valence-electron chi connectivity index (χ1n) is 7.08. The van der Waals surface area contributed by atoms with Crippen molar-refractivity contribution in [1.29, 1.82) is 0 Å². The van der Waals surface area contributed by atoms with E-state index in [1.807, 2.05) is 0 Å². The number of amides is 1. The molecule has 0 unspecified atom stereocenters. The maximum atomic E-state index is 12.1. The molecule has 0 aliphatic rings. The molecule has 0 aromatic carbocycles. The molecule has 0 spiro atoms. The summed E-state index contributed by atoms with van der Waals surface area (Å²) in [5, 5.41) is 2.87. The number of carbonyl (C=O) groups excluding carboxylic acids is 2. The first-order valence-corrected chi connectivity index (χ1v) is 7.08. The molecule has 0 aliphatic heterocycles. The Morgan fingerprint density at radius 3 is 2.50 bits per heavy atom. The highest BCUT2D eigenvalue weighted by Gasteiger charge is 2.21. The zero-order valence-corrected chi connectivity index (χ0v) is 12.8. The van der Waals surface area contributed by atoms with Crippen LogP contribution in [0.1, 0.15) is 64.7 Å². The van der Waals surface area contributed by atoms with Crippen LogP contribution < -0.4 is 5.32 Å². The molecule has 1 heterocycles. The molecule has 2 N–H and O–H groups in total. The number of nitrogens with one attached hydrogen (secondary N) is 2. The second kappa shape index (κ2) is 7.72. The lowest BCUT2D eigenvalue weighted by Gasteiger charge is -2.04. The monoisotopic (exact) mass is 280 g/mol. The summed E-state index contributed by atoms with van der Waals surface area (Å²) in [5.74, 6) is -0.588. The highest BCUT2D eigenvalue weighted by Crippen LogP contribution is 2.18. The van der Waals surface area contributed by atoms with Crippen LogP contribution >= 0.6 is 0 Å². The molecule has 0 bridgehead atoms. The van der Waals surface area contributed by atoms with E-state index in [1.165, 1.54) is 20.0 Å². The summed E-state index contributed by atoms with van der Waals surface area (Å²) in [6.07, 6.45) is 4.45. The predicted octanol–water partition coefficient (Wildman–Crippen LogP) is 2.73. The van der Waals surface area contributed by atoms with E-state index < -0.39 is 5.97 Å². The van der Waals surface area contributed by atoms with Gasteiger partial charge in [-0.15, -0.1) is 0 Å². The fourth-order valence-corrected chi connectivity index (χ4v) is 2.23. The number of carbonyl (C=O) groups is 2. The Labute approximate surface area is 120 Å². The summed E-state index contributed by atoms with van der Waals surface area (Å²) in [5.41, 5.74) is 2.19. The normalized spacial score (nSPS) is 10.4. The number of aromatic amines is 1. The molecular formula is C15H24N2O3. The summed E-state index contributed by atoms with van der Waals surface area (Å²) >= 11 is 0. The van der Waals surface area contributed by atoms with E-state index in [1.54, 1.807) is 13.8 Å². The number of ether oxygens (including phenoxy) is 1. The van der Waals surface area contributed by atoms with Crippen molar-refractivity contribution in [2.75, 3.05) is 13.7 Å². The van der Waals surface area contributed by atoms with Crippen LogP contribution in [0.2, 0.25) is 0 Å². The number of aromatic nitrogens is 1. The van der Waals surface area contributed by atoms with E-state index >= 15 is 0 Å². The fourth-order valence-electron chi connectivity index (χ4n) is 2.23. The van der Waals surface area contributed by atoms with E-state index in [4.69, 9.17) is 4.74 Å². The number of rotatable bonds is 7. The van der Waals surface area contributed by atoms with Gasteiger partial charge in [0.2, 0.25) is 0 Å². The van der Waals surface area contributed by atoms with Crippen molar-refractivity contribution in [3.63, 3.8) is 0 Å². The van der Waals surface area contributed by atoms with Gasteiger partial charge in [-0.25, -0.2) is 4.79 Å². The number of aryl methyl sites for hydroxylation is 1. The van der Waals surface area contributed by atoms with Gasteiger partial charge in [0, 0.05) is 12.2 Å². The minimum Gasteiger partial charge on any atom is -0.465 e. The second-order valence-electron chi connectivity index (χ2n) is 4.93. The molecule has 20 heavy (non-hydrogen) atoms. The number of unbranched alkanes of at least 4 members (excludes halogenated alkanes) is 3. The zero-order chi connectivity index (χ0) is 15.1. The summed E-state index contributed by atoms with van der Waals surface area (Å²) in [6, 6.07) is 0. The van der Waals surface area contributed by atoms with Crippen LogP contribution in [-0.4, -0.2) is 30.5 Å². The van der Waals surface area contributed by atoms with Gasteiger partial charge >= 0.3 is 5.97 Å². The summed E-state index contributed by atoms with van der Waals surface area (Å²) in [4.78, 5) is 26.7. The molecule has 5 nitrogen and oxygen atoms in total. The van der Waals surface area contributed by atoms with Crippen molar-refractivity contribution in [2.24, 2.45) is 0 Å². The van der Waals surface area contributed by atoms with E-state index in [-0.39, 0.29) is 5.91 Å². The average Bonchev–Trinajstić information content (AvgIpc) is 2.73. The smallest absolute Gasteiger partial charge is 0.339 e. The van der Waals surface area contributed by atoms with Crippen LogP contribution in [0.25, 0.3) is 0 Å². The molecular weight excluding hydrogens is 256 g/mol. The highest BCUT2D eigenvalue weighted by molar-refractivity contribution is 6.00. The Balaban J connectivity index is 2.67. The lowest BCUT2D eigenvalue weighted by molar-refractivity contribution is 0.0599. The quantitative estimate of drug-likeness (QED) is 0.596. The molecule has 112 valence electrons. The summed E-state index contributed by atoms with van der Waals surface area (Å²) < 4.78 is 4.73. The number of H-pyrrole nitrogens is 1. The minimum atomic E-state index is -0.418. The lowest BCUT2D eigenvalue weighted by Crippen LogP contribution is -2.25. The SMILES string of the molecule is CCCCCCNC(=O)c1[nH]c(C)c(C(=O)OC)c1C. The van der Waals surface area contributed by atoms with Crippen LogP contribution in [0.5, 0.6) is 0 Å². The van der Waals surface area contributed by atoms with Gasteiger partial charge < -0.3 is 15.0 Å². The third-order valence-corrected chi connectivity index (χ3v) is 3.37. The van der Waals surface area contributed by atoms with Crippen LogP contribution in [0.15, 0.2) is 0 Å². The topological polar surface area (TPSA) is 71.2 Å². The molecule has 0 saturated carbocycles. The molecule has 1 aromatic heterocycles. The van der Waals surface area contributed by atoms with Gasteiger partial charge in [0.15, 0.2) is 0 Å². The average molecular weight is 280 g/mol. The Morgan fingerprint density at radius 2 is 1.90 bits per heavy atom. The van der Waals surface area contributed by atoms with Gasteiger partial charge in [-0.3, -0.25) is 4.79 Å². The summed E-state index contributed by atoms with van der Waals surface area (Å²) in [6.45, 7) is 6.32. The maximum Gasteiger partial charge on any atom is 0.339 e. The molecule has 1 amide bonds. The van der Waals surface area contributed by atoms with Crippen molar-refractivity contribution >= 4 is 11.9 Å². The van der Waals surface area contributed by atoms with Crippen LogP contribution in [0, 0.1) is 13.8 Å². The number of hydrogen-bond donors (Lipinski definition) is 2. The predicted molar refractivity (Wildman–Crippen MR) is 78.1 cm³/mol. The Bertz CT molecular complexity index is 478. The summed E-state index contributed by atoms with van der Waals surface area (Å²) in [7, 11) is 1.34. The Morgan fingerprint density at radius 1 is 1.20 bits per heavy atom. The molecule has 5 heteroatoms.